The molecule has 0 radical (unpaired) electrons. The van der Waals surface area contributed by atoms with E-state index in [-0.39, 0.29) is 43.0 Å². The van der Waals surface area contributed by atoms with Gasteiger partial charge in [-0.15, -0.1) is 0 Å². The molecular formula is C16H27N3O5. The van der Waals surface area contributed by atoms with E-state index in [1.807, 2.05) is 13.8 Å². The predicted molar refractivity (Wildman–Crippen MR) is 85.7 cm³/mol. The molecule has 4 amide bonds. The number of nitrogens with zero attached hydrogens (tertiary/aromatic N) is 1. The fraction of sp³-hybridized carbons (Fsp3) is 0.750. The van der Waals surface area contributed by atoms with E-state index >= 15 is 0 Å². The number of likely N-dealkylation sites (tertiary alicyclic amines) is 1. The van der Waals surface area contributed by atoms with E-state index < -0.39 is 5.91 Å². The SMILES string of the molecule is CC(C)C[C@@H]1CC(=O)N(CC(=O)NCCCCCC(=O)NO)C1=O. The van der Waals surface area contributed by atoms with Crippen LogP contribution in [-0.4, -0.2) is 46.8 Å². The highest BCUT2D eigenvalue weighted by Gasteiger charge is 2.39. The van der Waals surface area contributed by atoms with E-state index in [0.717, 1.165) is 11.3 Å². The van der Waals surface area contributed by atoms with E-state index in [1.54, 1.807) is 5.48 Å². The summed E-state index contributed by atoms with van der Waals surface area (Å²) >= 11 is 0. The summed E-state index contributed by atoms with van der Waals surface area (Å²) in [5, 5.41) is 11.0. The van der Waals surface area contributed by atoms with Crippen LogP contribution in [0.4, 0.5) is 0 Å². The van der Waals surface area contributed by atoms with Gasteiger partial charge in [0.1, 0.15) is 6.54 Å². The van der Waals surface area contributed by atoms with Crippen molar-refractivity contribution >= 4 is 23.6 Å². The van der Waals surface area contributed by atoms with Crippen molar-refractivity contribution < 1.29 is 24.4 Å². The zero-order valence-corrected chi connectivity index (χ0v) is 14.3. The third-order valence-electron chi connectivity index (χ3n) is 3.92. The predicted octanol–water partition coefficient (Wildman–Crippen LogP) is 0.590. The number of imide groups is 1. The fourth-order valence-electron chi connectivity index (χ4n) is 2.74. The van der Waals surface area contributed by atoms with Crippen LogP contribution in [0.5, 0.6) is 0 Å². The van der Waals surface area contributed by atoms with Crippen LogP contribution >= 0.6 is 0 Å². The Hall–Kier alpha value is -1.96. The number of rotatable bonds is 10. The third-order valence-corrected chi connectivity index (χ3v) is 3.92. The lowest BCUT2D eigenvalue weighted by Gasteiger charge is -2.15. The molecule has 0 aromatic heterocycles. The zero-order valence-electron chi connectivity index (χ0n) is 14.3. The van der Waals surface area contributed by atoms with Crippen LogP contribution in [-0.2, 0) is 19.2 Å². The molecule has 1 saturated heterocycles. The number of unbranched alkanes of at least 4 members (excludes halogenated alkanes) is 2. The van der Waals surface area contributed by atoms with Gasteiger partial charge in [0, 0.05) is 25.3 Å². The van der Waals surface area contributed by atoms with Crippen molar-refractivity contribution in [2.75, 3.05) is 13.1 Å². The maximum atomic E-state index is 12.2. The second-order valence-electron chi connectivity index (χ2n) is 6.54. The van der Waals surface area contributed by atoms with E-state index in [0.29, 0.717) is 31.7 Å². The van der Waals surface area contributed by atoms with Crippen LogP contribution in [0.1, 0.15) is 52.4 Å². The Morgan fingerprint density at radius 2 is 1.92 bits per heavy atom. The zero-order chi connectivity index (χ0) is 18.1. The number of hydroxylamine groups is 1. The molecule has 0 aromatic carbocycles. The molecule has 8 nitrogen and oxygen atoms in total. The van der Waals surface area contributed by atoms with Crippen LogP contribution in [0, 0.1) is 11.8 Å². The number of carbonyl (C=O) groups is 4. The number of hydrogen-bond donors (Lipinski definition) is 3. The number of nitrogens with one attached hydrogen (secondary N) is 2. The molecule has 24 heavy (non-hydrogen) atoms. The lowest BCUT2D eigenvalue weighted by molar-refractivity contribution is -0.143. The second kappa shape index (κ2) is 10.0. The minimum Gasteiger partial charge on any atom is -0.355 e. The molecule has 1 fully saturated rings. The van der Waals surface area contributed by atoms with E-state index in [9.17, 15) is 19.2 Å². The molecule has 0 aliphatic carbocycles. The summed E-state index contributed by atoms with van der Waals surface area (Å²) in [7, 11) is 0. The van der Waals surface area contributed by atoms with Gasteiger partial charge in [-0.2, -0.15) is 0 Å². The summed E-state index contributed by atoms with van der Waals surface area (Å²) in [6, 6.07) is 0. The Kier molecular flexibility index (Phi) is 8.39. The summed E-state index contributed by atoms with van der Waals surface area (Å²) in [5.74, 6) is -1.29. The third kappa shape index (κ3) is 6.66. The highest BCUT2D eigenvalue weighted by Crippen LogP contribution is 2.25. The van der Waals surface area contributed by atoms with Crippen LogP contribution in [0.25, 0.3) is 0 Å². The van der Waals surface area contributed by atoms with E-state index in [2.05, 4.69) is 5.32 Å². The Bertz CT molecular complexity index is 478. The van der Waals surface area contributed by atoms with Crippen LogP contribution in [0.15, 0.2) is 0 Å². The van der Waals surface area contributed by atoms with Gasteiger partial charge in [-0.3, -0.25) is 29.3 Å². The monoisotopic (exact) mass is 341 g/mol. The van der Waals surface area contributed by atoms with Gasteiger partial charge in [0.2, 0.25) is 23.6 Å². The summed E-state index contributed by atoms with van der Waals surface area (Å²) < 4.78 is 0. The first-order valence-electron chi connectivity index (χ1n) is 8.39. The second-order valence-corrected chi connectivity index (χ2v) is 6.54. The van der Waals surface area contributed by atoms with Crippen LogP contribution in [0.2, 0.25) is 0 Å². The average molecular weight is 341 g/mol. The molecule has 3 N–H and O–H groups in total. The highest BCUT2D eigenvalue weighted by molar-refractivity contribution is 6.05. The molecule has 1 heterocycles. The summed E-state index contributed by atoms with van der Waals surface area (Å²) in [6.45, 7) is 4.19. The quantitative estimate of drug-likeness (QED) is 0.233. The number of carbonyl (C=O) groups excluding carboxylic acids is 4. The normalized spacial score (nSPS) is 17.5. The molecule has 0 aromatic rings. The fourth-order valence-corrected chi connectivity index (χ4v) is 2.74. The van der Waals surface area contributed by atoms with Crippen molar-refractivity contribution in [3.63, 3.8) is 0 Å². The molecule has 1 rings (SSSR count). The minimum atomic E-state index is -0.430. The van der Waals surface area contributed by atoms with Gasteiger partial charge in [-0.1, -0.05) is 20.3 Å². The molecule has 1 atom stereocenters. The molecule has 0 bridgehead atoms. The lowest BCUT2D eigenvalue weighted by Crippen LogP contribution is -2.41. The maximum absolute atomic E-state index is 12.2. The van der Waals surface area contributed by atoms with Crippen molar-refractivity contribution in [1.29, 1.82) is 0 Å². The first kappa shape index (κ1) is 20.1. The standard InChI is InChI=1S/C16H27N3O5/c1-11(2)8-12-9-15(22)19(16(12)23)10-14(21)17-7-5-3-4-6-13(20)18-24/h11-12,24H,3-10H2,1-2H3,(H,17,21)(H,18,20)/t12-/m1/s1. The van der Waals surface area contributed by atoms with Gasteiger partial charge in [0.05, 0.1) is 0 Å². The molecule has 0 spiro atoms. The molecule has 136 valence electrons. The van der Waals surface area contributed by atoms with Crippen molar-refractivity contribution in [1.82, 2.24) is 15.7 Å². The Labute approximate surface area is 141 Å². The van der Waals surface area contributed by atoms with Crippen LogP contribution in [0.3, 0.4) is 0 Å². The number of hydrogen-bond acceptors (Lipinski definition) is 5. The lowest BCUT2D eigenvalue weighted by atomic mass is 9.96. The largest absolute Gasteiger partial charge is 0.355 e. The Balaban J connectivity index is 2.24. The van der Waals surface area contributed by atoms with Gasteiger partial charge < -0.3 is 5.32 Å². The summed E-state index contributed by atoms with van der Waals surface area (Å²) in [6.07, 6.45) is 3.11. The van der Waals surface area contributed by atoms with Gasteiger partial charge in [0.25, 0.3) is 0 Å². The van der Waals surface area contributed by atoms with Crippen molar-refractivity contribution in [2.24, 2.45) is 11.8 Å². The van der Waals surface area contributed by atoms with Crippen molar-refractivity contribution in [2.45, 2.75) is 52.4 Å². The van der Waals surface area contributed by atoms with Crippen molar-refractivity contribution in [3.8, 4) is 0 Å². The maximum Gasteiger partial charge on any atom is 0.243 e. The molecular weight excluding hydrogens is 314 g/mol. The van der Waals surface area contributed by atoms with E-state index in [1.165, 1.54) is 0 Å². The number of amides is 4. The summed E-state index contributed by atoms with van der Waals surface area (Å²) in [5.41, 5.74) is 1.56. The molecule has 0 saturated carbocycles. The molecule has 1 aliphatic rings. The molecule has 1 aliphatic heterocycles. The Morgan fingerprint density at radius 1 is 1.21 bits per heavy atom. The topological polar surface area (TPSA) is 116 Å². The Morgan fingerprint density at radius 3 is 2.54 bits per heavy atom. The first-order valence-corrected chi connectivity index (χ1v) is 8.39. The first-order chi connectivity index (χ1) is 11.3. The van der Waals surface area contributed by atoms with Crippen molar-refractivity contribution in [3.05, 3.63) is 0 Å². The minimum absolute atomic E-state index is 0.192. The average Bonchev–Trinajstić information content (AvgIpc) is 2.77. The van der Waals surface area contributed by atoms with Crippen LogP contribution < -0.4 is 10.8 Å². The highest BCUT2D eigenvalue weighted by atomic mass is 16.5. The van der Waals surface area contributed by atoms with Gasteiger partial charge >= 0.3 is 0 Å². The van der Waals surface area contributed by atoms with Gasteiger partial charge in [0.15, 0.2) is 0 Å². The molecule has 0 unspecified atom stereocenters. The summed E-state index contributed by atoms with van der Waals surface area (Å²) in [4.78, 5) is 47.7. The van der Waals surface area contributed by atoms with Gasteiger partial charge in [-0.05, 0) is 25.2 Å². The van der Waals surface area contributed by atoms with Gasteiger partial charge in [-0.25, -0.2) is 5.48 Å². The molecule has 8 heteroatoms. The smallest absolute Gasteiger partial charge is 0.243 e. The van der Waals surface area contributed by atoms with E-state index in [4.69, 9.17) is 5.21 Å².